The summed E-state index contributed by atoms with van der Waals surface area (Å²) in [6.45, 7) is 8.92. The van der Waals surface area contributed by atoms with Gasteiger partial charge in [0.2, 0.25) is 0 Å². The molecule has 1 aliphatic heterocycles. The predicted molar refractivity (Wildman–Crippen MR) is 79.1 cm³/mol. The molecule has 2 nitrogen and oxygen atoms in total. The summed E-state index contributed by atoms with van der Waals surface area (Å²) in [6.07, 6.45) is 2.66. The second kappa shape index (κ2) is 6.07. The van der Waals surface area contributed by atoms with Crippen LogP contribution in [0.25, 0.3) is 0 Å². The van der Waals surface area contributed by atoms with E-state index >= 15 is 0 Å². The molecular formula is C15H22BrNO. The number of rotatable bonds is 4. The Kier molecular flexibility index (Phi) is 4.68. The number of nitrogens with zero attached hydrogens (tertiary/aromatic N) is 1. The molecule has 1 saturated heterocycles. The third kappa shape index (κ3) is 4.29. The van der Waals surface area contributed by atoms with Crippen molar-refractivity contribution in [3.8, 4) is 5.75 Å². The fraction of sp³-hybridized carbons (Fsp3) is 0.600. The molecule has 0 aromatic heterocycles. The van der Waals surface area contributed by atoms with Gasteiger partial charge in [-0.05, 0) is 49.1 Å². The van der Waals surface area contributed by atoms with E-state index in [-0.39, 0.29) is 0 Å². The first-order valence-corrected chi connectivity index (χ1v) is 7.45. The van der Waals surface area contributed by atoms with Crippen molar-refractivity contribution < 1.29 is 4.74 Å². The molecule has 1 aromatic carbocycles. The molecule has 0 saturated carbocycles. The second-order valence-corrected chi connectivity index (χ2v) is 6.76. The lowest BCUT2D eigenvalue weighted by Gasteiger charge is -2.37. The van der Waals surface area contributed by atoms with Gasteiger partial charge < -0.3 is 4.74 Å². The summed E-state index contributed by atoms with van der Waals surface area (Å²) < 4.78 is 6.86. The molecule has 18 heavy (non-hydrogen) atoms. The van der Waals surface area contributed by atoms with Gasteiger partial charge >= 0.3 is 0 Å². The zero-order chi connectivity index (χ0) is 13.0. The molecule has 0 bridgehead atoms. The highest BCUT2D eigenvalue weighted by Gasteiger charge is 2.25. The summed E-state index contributed by atoms with van der Waals surface area (Å²) in [5.74, 6) is 0.953. The molecule has 1 aliphatic rings. The van der Waals surface area contributed by atoms with Gasteiger partial charge in [0, 0.05) is 17.6 Å². The van der Waals surface area contributed by atoms with Gasteiger partial charge in [-0.1, -0.05) is 29.8 Å². The van der Waals surface area contributed by atoms with Crippen LogP contribution in [-0.4, -0.2) is 31.1 Å². The topological polar surface area (TPSA) is 12.5 Å². The van der Waals surface area contributed by atoms with Crippen LogP contribution < -0.4 is 4.74 Å². The second-order valence-electron chi connectivity index (χ2n) is 5.85. The minimum absolute atomic E-state index is 0.468. The van der Waals surface area contributed by atoms with Crippen molar-refractivity contribution in [2.45, 2.75) is 26.7 Å². The standard InChI is InChI=1S/C15H22BrNO/c1-15(2)8-3-9-17(12-15)10-11-18-14-6-4-13(16)5-7-14/h4-7H,3,8-12H2,1-2H3. The molecule has 0 atom stereocenters. The lowest BCUT2D eigenvalue weighted by atomic mass is 9.84. The maximum absolute atomic E-state index is 5.77. The van der Waals surface area contributed by atoms with E-state index in [0.29, 0.717) is 5.41 Å². The Morgan fingerprint density at radius 2 is 2.00 bits per heavy atom. The van der Waals surface area contributed by atoms with E-state index in [2.05, 4.69) is 34.7 Å². The Bertz CT molecular complexity index is 375. The minimum Gasteiger partial charge on any atom is -0.492 e. The summed E-state index contributed by atoms with van der Waals surface area (Å²) in [4.78, 5) is 2.52. The minimum atomic E-state index is 0.468. The summed E-state index contributed by atoms with van der Waals surface area (Å²) >= 11 is 3.42. The van der Waals surface area contributed by atoms with Gasteiger partial charge in [0.15, 0.2) is 0 Å². The molecule has 1 aromatic rings. The van der Waals surface area contributed by atoms with E-state index < -0.39 is 0 Å². The fourth-order valence-corrected chi connectivity index (χ4v) is 2.82. The highest BCUT2D eigenvalue weighted by Crippen LogP contribution is 2.28. The van der Waals surface area contributed by atoms with Gasteiger partial charge in [0.25, 0.3) is 0 Å². The maximum Gasteiger partial charge on any atom is 0.119 e. The van der Waals surface area contributed by atoms with E-state index in [4.69, 9.17) is 4.74 Å². The highest BCUT2D eigenvalue weighted by atomic mass is 79.9. The van der Waals surface area contributed by atoms with Crippen LogP contribution >= 0.6 is 15.9 Å². The Balaban J connectivity index is 1.73. The number of hydrogen-bond donors (Lipinski definition) is 0. The van der Waals surface area contributed by atoms with E-state index in [1.807, 2.05) is 24.3 Å². The molecular weight excluding hydrogens is 290 g/mol. The third-order valence-corrected chi connectivity index (χ3v) is 4.00. The molecule has 0 aliphatic carbocycles. The number of halogens is 1. The summed E-state index contributed by atoms with van der Waals surface area (Å²) in [6, 6.07) is 8.03. The number of benzene rings is 1. The largest absolute Gasteiger partial charge is 0.492 e. The van der Waals surface area contributed by atoms with Crippen LogP contribution in [0.5, 0.6) is 5.75 Å². The lowest BCUT2D eigenvalue weighted by molar-refractivity contribution is 0.102. The van der Waals surface area contributed by atoms with E-state index in [1.165, 1.54) is 25.9 Å². The molecule has 0 radical (unpaired) electrons. The molecule has 100 valence electrons. The fourth-order valence-electron chi connectivity index (χ4n) is 2.56. The van der Waals surface area contributed by atoms with E-state index in [9.17, 15) is 0 Å². The number of likely N-dealkylation sites (tertiary alicyclic amines) is 1. The Labute approximate surface area is 118 Å². The van der Waals surface area contributed by atoms with Crippen molar-refractivity contribution in [3.63, 3.8) is 0 Å². The monoisotopic (exact) mass is 311 g/mol. The smallest absolute Gasteiger partial charge is 0.119 e. The van der Waals surface area contributed by atoms with Crippen LogP contribution in [0, 0.1) is 5.41 Å². The number of ether oxygens (including phenoxy) is 1. The van der Waals surface area contributed by atoms with Crippen molar-refractivity contribution in [2.24, 2.45) is 5.41 Å². The van der Waals surface area contributed by atoms with Crippen LogP contribution in [-0.2, 0) is 0 Å². The van der Waals surface area contributed by atoms with Crippen molar-refractivity contribution in [2.75, 3.05) is 26.2 Å². The molecule has 1 fully saturated rings. The van der Waals surface area contributed by atoms with E-state index in [0.717, 1.165) is 23.4 Å². The van der Waals surface area contributed by atoms with E-state index in [1.54, 1.807) is 0 Å². The molecule has 0 amide bonds. The van der Waals surface area contributed by atoms with Gasteiger partial charge in [-0.25, -0.2) is 0 Å². The van der Waals surface area contributed by atoms with Crippen molar-refractivity contribution >= 4 is 15.9 Å². The van der Waals surface area contributed by atoms with Gasteiger partial charge in [-0.2, -0.15) is 0 Å². The normalized spacial score (nSPS) is 19.7. The molecule has 0 spiro atoms. The highest BCUT2D eigenvalue weighted by molar-refractivity contribution is 9.10. The molecule has 2 rings (SSSR count). The SMILES string of the molecule is CC1(C)CCCN(CCOc2ccc(Br)cc2)C1. The summed E-state index contributed by atoms with van der Waals surface area (Å²) in [7, 11) is 0. The van der Waals surface area contributed by atoms with Crippen LogP contribution in [0.3, 0.4) is 0 Å². The lowest BCUT2D eigenvalue weighted by Crippen LogP contribution is -2.41. The van der Waals surface area contributed by atoms with Crippen molar-refractivity contribution in [1.29, 1.82) is 0 Å². The predicted octanol–water partition coefficient (Wildman–Crippen LogP) is 3.95. The Morgan fingerprint density at radius 3 is 2.67 bits per heavy atom. The summed E-state index contributed by atoms with van der Waals surface area (Å²) in [5, 5.41) is 0. The molecule has 0 N–H and O–H groups in total. The van der Waals surface area contributed by atoms with Gasteiger partial charge in [-0.3, -0.25) is 4.90 Å². The van der Waals surface area contributed by atoms with Crippen LogP contribution in [0.4, 0.5) is 0 Å². The molecule has 3 heteroatoms. The maximum atomic E-state index is 5.77. The average Bonchev–Trinajstić information content (AvgIpc) is 2.30. The van der Waals surface area contributed by atoms with Crippen molar-refractivity contribution in [1.82, 2.24) is 4.90 Å². The van der Waals surface area contributed by atoms with Crippen LogP contribution in [0.2, 0.25) is 0 Å². The van der Waals surface area contributed by atoms with Crippen LogP contribution in [0.15, 0.2) is 28.7 Å². The van der Waals surface area contributed by atoms with Gasteiger partial charge in [-0.15, -0.1) is 0 Å². The Hall–Kier alpha value is -0.540. The quantitative estimate of drug-likeness (QED) is 0.835. The zero-order valence-corrected chi connectivity index (χ0v) is 12.9. The Morgan fingerprint density at radius 1 is 1.28 bits per heavy atom. The average molecular weight is 312 g/mol. The molecule has 1 heterocycles. The zero-order valence-electron chi connectivity index (χ0n) is 11.3. The summed E-state index contributed by atoms with van der Waals surface area (Å²) in [5.41, 5.74) is 0.468. The molecule has 0 unspecified atom stereocenters. The van der Waals surface area contributed by atoms with Crippen LogP contribution in [0.1, 0.15) is 26.7 Å². The first-order valence-electron chi connectivity index (χ1n) is 6.66. The third-order valence-electron chi connectivity index (χ3n) is 3.47. The first kappa shape index (κ1) is 13.9. The van der Waals surface area contributed by atoms with Gasteiger partial charge in [0.05, 0.1) is 0 Å². The number of piperidine rings is 1. The van der Waals surface area contributed by atoms with Crippen molar-refractivity contribution in [3.05, 3.63) is 28.7 Å². The first-order chi connectivity index (χ1) is 8.55. The van der Waals surface area contributed by atoms with Gasteiger partial charge in [0.1, 0.15) is 12.4 Å². The number of hydrogen-bond acceptors (Lipinski definition) is 2.